The summed E-state index contributed by atoms with van der Waals surface area (Å²) in [6, 6.07) is 12.9. The molecule has 0 aliphatic heterocycles. The summed E-state index contributed by atoms with van der Waals surface area (Å²) >= 11 is 1.12. The number of aromatic nitrogens is 2. The number of benzene rings is 2. The zero-order valence-electron chi connectivity index (χ0n) is 15.6. The number of carbonyl (C=O) groups excluding carboxylic acids is 2. The van der Waals surface area contributed by atoms with Crippen molar-refractivity contribution in [3.63, 3.8) is 0 Å². The van der Waals surface area contributed by atoms with Crippen molar-refractivity contribution in [2.75, 3.05) is 12.4 Å². The Morgan fingerprint density at radius 1 is 1.07 bits per heavy atom. The van der Waals surface area contributed by atoms with Gasteiger partial charge in [0.05, 0.1) is 7.11 Å². The lowest BCUT2D eigenvalue weighted by atomic mass is 10.2. The third kappa shape index (κ3) is 6.08. The van der Waals surface area contributed by atoms with Crippen molar-refractivity contribution >= 4 is 28.8 Å². The molecule has 9 heteroatoms. The van der Waals surface area contributed by atoms with Gasteiger partial charge in [-0.25, -0.2) is 4.39 Å². The summed E-state index contributed by atoms with van der Waals surface area (Å²) in [5, 5.41) is 14.1. The number of carbonyl (C=O) groups is 2. The minimum atomic E-state index is -0.427. The molecule has 0 bridgehead atoms. The van der Waals surface area contributed by atoms with Crippen molar-refractivity contribution in [3.8, 4) is 5.75 Å². The summed E-state index contributed by atoms with van der Waals surface area (Å²) in [6.07, 6.45) is 0.625. The quantitative estimate of drug-likeness (QED) is 0.591. The molecule has 0 saturated carbocycles. The molecule has 0 spiro atoms. The first-order valence-corrected chi connectivity index (χ1v) is 9.64. The summed E-state index contributed by atoms with van der Waals surface area (Å²) in [5.74, 6) is -0.167. The number of methoxy groups -OCH3 is 1. The van der Waals surface area contributed by atoms with Crippen LogP contribution in [-0.4, -0.2) is 29.1 Å². The highest BCUT2D eigenvalue weighted by molar-refractivity contribution is 7.13. The summed E-state index contributed by atoms with van der Waals surface area (Å²) in [6.45, 7) is 0.421. The molecular weight excluding hydrogens is 395 g/mol. The minimum absolute atomic E-state index is 0.117. The second-order valence-electron chi connectivity index (χ2n) is 6.09. The van der Waals surface area contributed by atoms with Gasteiger partial charge in [-0.15, -0.1) is 10.2 Å². The van der Waals surface area contributed by atoms with E-state index in [1.165, 1.54) is 24.3 Å². The molecule has 2 N–H and O–H groups in total. The molecule has 7 nitrogen and oxygen atoms in total. The van der Waals surface area contributed by atoms with Gasteiger partial charge in [0.25, 0.3) is 5.91 Å². The van der Waals surface area contributed by atoms with Crippen molar-refractivity contribution in [3.05, 3.63) is 69.9 Å². The van der Waals surface area contributed by atoms with E-state index >= 15 is 0 Å². The van der Waals surface area contributed by atoms with Gasteiger partial charge in [-0.2, -0.15) is 0 Å². The van der Waals surface area contributed by atoms with Crippen LogP contribution in [0.2, 0.25) is 0 Å². The van der Waals surface area contributed by atoms with Crippen LogP contribution in [0, 0.1) is 5.82 Å². The molecule has 3 aromatic rings. The highest BCUT2D eigenvalue weighted by Crippen LogP contribution is 2.15. The third-order valence-electron chi connectivity index (χ3n) is 3.98. The normalized spacial score (nSPS) is 10.4. The zero-order chi connectivity index (χ0) is 20.6. The van der Waals surface area contributed by atoms with Gasteiger partial charge in [-0.05, 0) is 42.0 Å². The van der Waals surface area contributed by atoms with E-state index in [9.17, 15) is 14.0 Å². The monoisotopic (exact) mass is 414 g/mol. The summed E-state index contributed by atoms with van der Waals surface area (Å²) < 4.78 is 18.0. The predicted molar refractivity (Wildman–Crippen MR) is 107 cm³/mol. The van der Waals surface area contributed by atoms with E-state index in [4.69, 9.17) is 4.74 Å². The van der Waals surface area contributed by atoms with Gasteiger partial charge in [-0.1, -0.05) is 23.5 Å². The van der Waals surface area contributed by atoms with Gasteiger partial charge >= 0.3 is 0 Å². The van der Waals surface area contributed by atoms with Crippen LogP contribution in [0.1, 0.15) is 26.8 Å². The molecule has 29 heavy (non-hydrogen) atoms. The number of hydrogen-bond donors (Lipinski definition) is 2. The lowest BCUT2D eigenvalue weighted by Crippen LogP contribution is -2.22. The number of hydrogen-bond acceptors (Lipinski definition) is 6. The molecule has 0 unspecified atom stereocenters. The number of amides is 2. The number of rotatable bonds is 8. The van der Waals surface area contributed by atoms with E-state index in [2.05, 4.69) is 20.8 Å². The van der Waals surface area contributed by atoms with Gasteiger partial charge in [0.1, 0.15) is 16.6 Å². The van der Waals surface area contributed by atoms with Crippen molar-refractivity contribution in [2.24, 2.45) is 0 Å². The average Bonchev–Trinajstić information content (AvgIpc) is 3.22. The third-order valence-corrected chi connectivity index (χ3v) is 4.96. The second-order valence-corrected chi connectivity index (χ2v) is 7.15. The molecule has 0 radical (unpaired) electrons. The van der Waals surface area contributed by atoms with E-state index in [1.54, 1.807) is 7.11 Å². The highest BCUT2D eigenvalue weighted by atomic mass is 32.1. The number of aryl methyl sites for hydroxylation is 1. The lowest BCUT2D eigenvalue weighted by molar-refractivity contribution is -0.121. The smallest absolute Gasteiger partial charge is 0.286 e. The zero-order valence-corrected chi connectivity index (χ0v) is 16.5. The van der Waals surface area contributed by atoms with Gasteiger partial charge in [0.2, 0.25) is 10.9 Å². The van der Waals surface area contributed by atoms with Crippen LogP contribution in [0.5, 0.6) is 5.75 Å². The first kappa shape index (κ1) is 20.4. The molecular formula is C20H19FN4O3S. The molecule has 0 saturated heterocycles. The SMILES string of the molecule is COc1ccc(CNC(=O)CCc2nnc(C(=O)Nc3ccc(F)cc3)s2)cc1. The molecule has 0 aliphatic carbocycles. The van der Waals surface area contributed by atoms with Crippen LogP contribution in [-0.2, 0) is 17.8 Å². The molecule has 1 aromatic heterocycles. The maximum Gasteiger partial charge on any atom is 0.286 e. The highest BCUT2D eigenvalue weighted by Gasteiger charge is 2.14. The summed E-state index contributed by atoms with van der Waals surface area (Å²) in [4.78, 5) is 24.2. The first-order chi connectivity index (χ1) is 14.0. The number of nitrogens with zero attached hydrogens (tertiary/aromatic N) is 2. The fourth-order valence-electron chi connectivity index (χ4n) is 2.42. The summed E-state index contributed by atoms with van der Waals surface area (Å²) in [7, 11) is 1.60. The molecule has 0 atom stereocenters. The Labute approximate surface area is 170 Å². The Kier molecular flexibility index (Phi) is 6.85. The van der Waals surface area contributed by atoms with E-state index in [-0.39, 0.29) is 23.2 Å². The Morgan fingerprint density at radius 2 is 1.79 bits per heavy atom. The molecule has 1 heterocycles. The molecule has 0 fully saturated rings. The van der Waals surface area contributed by atoms with Crippen LogP contribution >= 0.6 is 11.3 Å². The van der Waals surface area contributed by atoms with Crippen LogP contribution in [0.3, 0.4) is 0 Å². The Hall–Kier alpha value is -3.33. The van der Waals surface area contributed by atoms with E-state index < -0.39 is 5.91 Å². The summed E-state index contributed by atoms with van der Waals surface area (Å²) in [5.41, 5.74) is 1.43. The Bertz CT molecular complexity index is 974. The van der Waals surface area contributed by atoms with Crippen molar-refractivity contribution < 1.29 is 18.7 Å². The number of anilines is 1. The Morgan fingerprint density at radius 3 is 2.48 bits per heavy atom. The molecule has 2 amide bonds. The van der Waals surface area contributed by atoms with E-state index in [0.29, 0.717) is 23.7 Å². The van der Waals surface area contributed by atoms with Gasteiger partial charge in [0, 0.05) is 25.1 Å². The standard InChI is InChI=1S/C20H19FN4O3S/c1-28-16-8-2-13(3-9-16)12-22-17(26)10-11-18-24-25-20(29-18)19(27)23-15-6-4-14(21)5-7-15/h2-9H,10-12H2,1H3,(H,22,26)(H,23,27). The minimum Gasteiger partial charge on any atom is -0.497 e. The largest absolute Gasteiger partial charge is 0.497 e. The van der Waals surface area contributed by atoms with Gasteiger partial charge < -0.3 is 15.4 Å². The van der Waals surface area contributed by atoms with Crippen molar-refractivity contribution in [1.82, 2.24) is 15.5 Å². The van der Waals surface area contributed by atoms with Crippen molar-refractivity contribution in [2.45, 2.75) is 19.4 Å². The molecule has 0 aliphatic rings. The average molecular weight is 414 g/mol. The van der Waals surface area contributed by atoms with E-state index in [1.807, 2.05) is 24.3 Å². The second kappa shape index (κ2) is 9.74. The van der Waals surface area contributed by atoms with Crippen LogP contribution in [0.25, 0.3) is 0 Å². The van der Waals surface area contributed by atoms with Crippen molar-refractivity contribution in [1.29, 1.82) is 0 Å². The molecule has 150 valence electrons. The maximum atomic E-state index is 12.9. The first-order valence-electron chi connectivity index (χ1n) is 8.82. The topological polar surface area (TPSA) is 93.2 Å². The fourth-order valence-corrected chi connectivity index (χ4v) is 3.15. The van der Waals surface area contributed by atoms with Gasteiger partial charge in [0.15, 0.2) is 0 Å². The Balaban J connectivity index is 1.44. The predicted octanol–water partition coefficient (Wildman–Crippen LogP) is 3.19. The number of nitrogens with one attached hydrogen (secondary N) is 2. The molecule has 3 rings (SSSR count). The van der Waals surface area contributed by atoms with E-state index in [0.717, 1.165) is 22.6 Å². The number of ether oxygens (including phenoxy) is 1. The maximum absolute atomic E-state index is 12.9. The molecule has 2 aromatic carbocycles. The van der Waals surface area contributed by atoms with Gasteiger partial charge in [-0.3, -0.25) is 9.59 Å². The van der Waals surface area contributed by atoms with Crippen LogP contribution < -0.4 is 15.4 Å². The number of halogens is 1. The van der Waals surface area contributed by atoms with Crippen LogP contribution in [0.15, 0.2) is 48.5 Å². The lowest BCUT2D eigenvalue weighted by Gasteiger charge is -2.05. The fraction of sp³-hybridized carbons (Fsp3) is 0.200. The van der Waals surface area contributed by atoms with Crippen LogP contribution in [0.4, 0.5) is 10.1 Å².